The van der Waals surface area contributed by atoms with E-state index in [4.69, 9.17) is 27.7 Å². The van der Waals surface area contributed by atoms with E-state index in [9.17, 15) is 4.79 Å². The highest BCUT2D eigenvalue weighted by Crippen LogP contribution is 2.40. The maximum Gasteiger partial charge on any atom is 0.326 e. The van der Waals surface area contributed by atoms with Crippen LogP contribution >= 0.6 is 34.5 Å². The Labute approximate surface area is 204 Å². The van der Waals surface area contributed by atoms with Crippen molar-refractivity contribution >= 4 is 51.8 Å². The predicted molar refractivity (Wildman–Crippen MR) is 132 cm³/mol. The van der Waals surface area contributed by atoms with Gasteiger partial charge in [-0.3, -0.25) is 4.90 Å². The van der Waals surface area contributed by atoms with Gasteiger partial charge in [-0.2, -0.15) is 4.98 Å². The lowest BCUT2D eigenvalue weighted by atomic mass is 9.94. The molecule has 1 aliphatic heterocycles. The first-order valence-electron chi connectivity index (χ1n) is 10.1. The summed E-state index contributed by atoms with van der Waals surface area (Å²) < 4.78 is 5.69. The number of urea groups is 1. The fourth-order valence-corrected chi connectivity index (χ4v) is 4.85. The van der Waals surface area contributed by atoms with Crippen LogP contribution in [0, 0.1) is 6.92 Å². The minimum Gasteiger partial charge on any atom is -0.334 e. The average molecular weight is 497 g/mol. The van der Waals surface area contributed by atoms with Crippen molar-refractivity contribution in [2.75, 3.05) is 4.90 Å². The Morgan fingerprint density at radius 3 is 2.67 bits per heavy atom. The molecule has 1 atom stereocenters. The lowest BCUT2D eigenvalue weighted by molar-refractivity contribution is 0.244. The summed E-state index contributed by atoms with van der Waals surface area (Å²) in [4.78, 5) is 20.4. The second-order valence-electron chi connectivity index (χ2n) is 7.61. The van der Waals surface area contributed by atoms with Gasteiger partial charge in [0.1, 0.15) is 0 Å². The van der Waals surface area contributed by atoms with Crippen molar-refractivity contribution in [1.29, 1.82) is 0 Å². The van der Waals surface area contributed by atoms with Crippen LogP contribution in [-0.4, -0.2) is 16.2 Å². The van der Waals surface area contributed by atoms with Crippen molar-refractivity contribution in [1.82, 2.24) is 15.5 Å². The average Bonchev–Trinajstić information content (AvgIpc) is 3.48. The molecule has 5 rings (SSSR count). The van der Waals surface area contributed by atoms with Gasteiger partial charge in [0, 0.05) is 15.7 Å². The summed E-state index contributed by atoms with van der Waals surface area (Å²) in [5, 5.41) is 10.3. The molecular weight excluding hydrogens is 479 g/mol. The molecule has 0 aliphatic carbocycles. The van der Waals surface area contributed by atoms with Crippen molar-refractivity contribution in [3.63, 3.8) is 0 Å². The molecule has 0 spiro atoms. The number of anilines is 1. The third-order valence-corrected chi connectivity index (χ3v) is 6.99. The molecule has 33 heavy (non-hydrogen) atoms. The quantitative estimate of drug-likeness (QED) is 0.326. The van der Waals surface area contributed by atoms with Crippen LogP contribution in [0.15, 0.2) is 70.2 Å². The summed E-state index contributed by atoms with van der Waals surface area (Å²) >= 11 is 14.1. The van der Waals surface area contributed by atoms with Crippen LogP contribution in [-0.2, 0) is 0 Å². The second kappa shape index (κ2) is 8.67. The Bertz CT molecular complexity index is 1380. The van der Waals surface area contributed by atoms with E-state index in [0.717, 1.165) is 16.0 Å². The number of halogens is 2. The summed E-state index contributed by atoms with van der Waals surface area (Å²) in [6, 6.07) is 15.9. The Morgan fingerprint density at radius 1 is 1.09 bits per heavy atom. The standard InChI is InChI=1S/C24H18Cl2N4O2S/c1-13-8-9-17(12-18(13)26)30-14(2)20(23-28-22(29-32-23)19-7-4-10-33-19)21(27-24(30)31)15-5-3-6-16(25)11-15/h3-12,21H,1-2H3,(H,27,31). The third-order valence-electron chi connectivity index (χ3n) is 5.48. The normalized spacial score (nSPS) is 16.3. The number of carbonyl (C=O) groups is 1. The molecule has 0 bridgehead atoms. The lowest BCUT2D eigenvalue weighted by Gasteiger charge is -2.35. The van der Waals surface area contributed by atoms with Crippen LogP contribution in [0.25, 0.3) is 16.3 Å². The van der Waals surface area contributed by atoms with Gasteiger partial charge in [0.15, 0.2) is 0 Å². The van der Waals surface area contributed by atoms with E-state index in [1.807, 2.05) is 61.7 Å². The number of aromatic nitrogens is 2. The number of allylic oxidation sites excluding steroid dienone is 1. The molecule has 1 unspecified atom stereocenters. The molecule has 1 aliphatic rings. The number of amides is 2. The summed E-state index contributed by atoms with van der Waals surface area (Å²) in [5.74, 6) is 0.816. The maximum absolute atomic E-state index is 13.3. The Morgan fingerprint density at radius 2 is 1.94 bits per heavy atom. The monoisotopic (exact) mass is 496 g/mol. The van der Waals surface area contributed by atoms with Gasteiger partial charge in [-0.25, -0.2) is 4.79 Å². The Hall–Kier alpha value is -3.13. The van der Waals surface area contributed by atoms with Crippen LogP contribution in [0.2, 0.25) is 10.0 Å². The zero-order valence-corrected chi connectivity index (χ0v) is 20.0. The van der Waals surface area contributed by atoms with E-state index in [1.165, 1.54) is 11.3 Å². The number of carbonyl (C=O) groups excluding carboxylic acids is 1. The van der Waals surface area contributed by atoms with E-state index >= 15 is 0 Å². The SMILES string of the molecule is CC1=C(c2nc(-c3cccs3)no2)C(c2cccc(Cl)c2)NC(=O)N1c1ccc(C)c(Cl)c1. The number of aryl methyl sites for hydroxylation is 1. The number of nitrogens with one attached hydrogen (secondary N) is 1. The van der Waals surface area contributed by atoms with Crippen LogP contribution in [0.5, 0.6) is 0 Å². The largest absolute Gasteiger partial charge is 0.334 e. The van der Waals surface area contributed by atoms with Crippen LogP contribution < -0.4 is 10.2 Å². The first kappa shape index (κ1) is 21.7. The van der Waals surface area contributed by atoms with Crippen LogP contribution in [0.3, 0.4) is 0 Å². The lowest BCUT2D eigenvalue weighted by Crippen LogP contribution is -2.46. The number of hydrogen-bond acceptors (Lipinski definition) is 5. The smallest absolute Gasteiger partial charge is 0.326 e. The van der Waals surface area contributed by atoms with E-state index in [2.05, 4.69) is 15.5 Å². The molecule has 4 aromatic rings. The summed E-state index contributed by atoms with van der Waals surface area (Å²) in [6.07, 6.45) is 0. The zero-order valence-electron chi connectivity index (χ0n) is 17.7. The van der Waals surface area contributed by atoms with Gasteiger partial charge in [-0.05, 0) is 60.7 Å². The first-order valence-corrected chi connectivity index (χ1v) is 11.8. The maximum atomic E-state index is 13.3. The molecule has 0 fully saturated rings. The third kappa shape index (κ3) is 4.04. The molecule has 1 N–H and O–H groups in total. The molecular formula is C24H18Cl2N4O2S. The van der Waals surface area contributed by atoms with E-state index in [0.29, 0.717) is 38.7 Å². The van der Waals surface area contributed by atoms with Gasteiger partial charge < -0.3 is 9.84 Å². The van der Waals surface area contributed by atoms with Crippen molar-refractivity contribution < 1.29 is 9.32 Å². The molecule has 0 saturated carbocycles. The highest BCUT2D eigenvalue weighted by molar-refractivity contribution is 7.13. The molecule has 0 radical (unpaired) electrons. The van der Waals surface area contributed by atoms with Crippen LogP contribution in [0.4, 0.5) is 10.5 Å². The summed E-state index contributed by atoms with van der Waals surface area (Å²) in [5.41, 5.74) is 3.71. The molecule has 9 heteroatoms. The van der Waals surface area contributed by atoms with Crippen molar-refractivity contribution in [3.8, 4) is 10.7 Å². The van der Waals surface area contributed by atoms with Crippen molar-refractivity contribution in [2.24, 2.45) is 0 Å². The molecule has 3 heterocycles. The molecule has 2 amide bonds. The van der Waals surface area contributed by atoms with E-state index in [1.54, 1.807) is 17.0 Å². The molecule has 6 nitrogen and oxygen atoms in total. The number of thiophene rings is 1. The molecule has 0 saturated heterocycles. The fourth-order valence-electron chi connectivity index (χ4n) is 3.83. The van der Waals surface area contributed by atoms with E-state index < -0.39 is 6.04 Å². The summed E-state index contributed by atoms with van der Waals surface area (Å²) in [7, 11) is 0. The van der Waals surface area contributed by atoms with Gasteiger partial charge in [0.25, 0.3) is 5.89 Å². The molecule has 2 aromatic carbocycles. The number of rotatable bonds is 4. The summed E-state index contributed by atoms with van der Waals surface area (Å²) in [6.45, 7) is 3.77. The van der Waals surface area contributed by atoms with Crippen molar-refractivity contribution in [2.45, 2.75) is 19.9 Å². The van der Waals surface area contributed by atoms with Gasteiger partial charge in [-0.15, -0.1) is 11.3 Å². The number of hydrogen-bond donors (Lipinski definition) is 1. The molecule has 2 aromatic heterocycles. The Kier molecular flexibility index (Phi) is 5.70. The topological polar surface area (TPSA) is 71.3 Å². The minimum absolute atomic E-state index is 0.292. The van der Waals surface area contributed by atoms with Gasteiger partial charge in [0.05, 0.1) is 22.2 Å². The zero-order chi connectivity index (χ0) is 23.1. The van der Waals surface area contributed by atoms with Gasteiger partial charge in [0.2, 0.25) is 5.82 Å². The van der Waals surface area contributed by atoms with Crippen LogP contribution in [0.1, 0.15) is 30.0 Å². The number of nitrogens with zero attached hydrogens (tertiary/aromatic N) is 3. The van der Waals surface area contributed by atoms with Gasteiger partial charge in [-0.1, -0.05) is 52.6 Å². The second-order valence-corrected chi connectivity index (χ2v) is 9.40. The highest BCUT2D eigenvalue weighted by atomic mass is 35.5. The van der Waals surface area contributed by atoms with Gasteiger partial charge >= 0.3 is 6.03 Å². The fraction of sp³-hybridized carbons (Fsp3) is 0.125. The number of benzene rings is 2. The minimum atomic E-state index is -0.523. The first-order chi connectivity index (χ1) is 15.9. The molecule has 166 valence electrons. The van der Waals surface area contributed by atoms with E-state index in [-0.39, 0.29) is 6.03 Å². The van der Waals surface area contributed by atoms with Crippen molar-refractivity contribution in [3.05, 3.63) is 92.7 Å². The predicted octanol–water partition coefficient (Wildman–Crippen LogP) is 7.12. The Balaban J connectivity index is 1.68. The highest BCUT2D eigenvalue weighted by Gasteiger charge is 2.36.